The summed E-state index contributed by atoms with van der Waals surface area (Å²) in [6.45, 7) is 12.5. The Morgan fingerprint density at radius 2 is 1.75 bits per heavy atom. The summed E-state index contributed by atoms with van der Waals surface area (Å²) < 4.78 is 0. The van der Waals surface area contributed by atoms with Gasteiger partial charge in [-0.3, -0.25) is 4.79 Å². The molecule has 0 amide bonds. The number of Topliss-reactive ketones (excluding diaryl/α,β-unsaturated/α-hetero) is 1. The Labute approximate surface area is 173 Å². The van der Waals surface area contributed by atoms with Crippen molar-refractivity contribution in [2.75, 3.05) is 0 Å². The summed E-state index contributed by atoms with van der Waals surface area (Å²) in [5.74, 6) is 6.49. The van der Waals surface area contributed by atoms with E-state index in [9.17, 15) is 4.79 Å². The SMILES string of the molecule is CC(C)CCC[C@H](C)[C@H]1CC[C@H]2[C@H]3CC(=O)[C@]45C[C@H]4CC[C@]5(C)[C@@H]3CC[C@]12C. The Balaban J connectivity index is 1.35. The molecule has 28 heavy (non-hydrogen) atoms. The molecule has 0 aromatic rings. The fourth-order valence-electron chi connectivity index (χ4n) is 10.0. The Morgan fingerprint density at radius 3 is 2.46 bits per heavy atom. The fraction of sp³-hybridized carbons (Fsp3) is 0.963. The lowest BCUT2D eigenvalue weighted by atomic mass is 9.45. The normalized spacial score (nSPS) is 52.8. The molecular weight excluding hydrogens is 340 g/mol. The van der Waals surface area contributed by atoms with Crippen LogP contribution in [0.25, 0.3) is 0 Å². The highest BCUT2D eigenvalue weighted by atomic mass is 16.1. The van der Waals surface area contributed by atoms with Gasteiger partial charge in [-0.05, 0) is 97.2 Å². The van der Waals surface area contributed by atoms with E-state index >= 15 is 0 Å². The zero-order valence-corrected chi connectivity index (χ0v) is 19.2. The van der Waals surface area contributed by atoms with Gasteiger partial charge in [-0.2, -0.15) is 0 Å². The van der Waals surface area contributed by atoms with E-state index in [1.807, 2.05) is 0 Å². The van der Waals surface area contributed by atoms with Crippen molar-refractivity contribution in [2.24, 2.45) is 57.7 Å². The van der Waals surface area contributed by atoms with Crippen LogP contribution in [0, 0.1) is 57.7 Å². The minimum atomic E-state index is 0.157. The van der Waals surface area contributed by atoms with Crippen molar-refractivity contribution in [1.29, 1.82) is 0 Å². The quantitative estimate of drug-likeness (QED) is 0.486. The number of carbonyl (C=O) groups is 1. The smallest absolute Gasteiger partial charge is 0.140 e. The van der Waals surface area contributed by atoms with Crippen molar-refractivity contribution >= 4 is 5.78 Å². The summed E-state index contributed by atoms with van der Waals surface area (Å²) in [5.41, 5.74) is 1.03. The topological polar surface area (TPSA) is 17.1 Å². The van der Waals surface area contributed by atoms with E-state index in [0.717, 1.165) is 41.9 Å². The highest BCUT2D eigenvalue weighted by Gasteiger charge is 2.77. The van der Waals surface area contributed by atoms with Crippen LogP contribution >= 0.6 is 0 Å². The van der Waals surface area contributed by atoms with Gasteiger partial charge in [0.05, 0.1) is 0 Å². The van der Waals surface area contributed by atoms with Gasteiger partial charge in [-0.1, -0.05) is 53.9 Å². The second kappa shape index (κ2) is 6.34. The van der Waals surface area contributed by atoms with Crippen LogP contribution in [-0.4, -0.2) is 5.78 Å². The van der Waals surface area contributed by atoms with Crippen molar-refractivity contribution in [3.8, 4) is 0 Å². The molecule has 1 heteroatoms. The third-order valence-electron chi connectivity index (χ3n) is 11.5. The average Bonchev–Trinajstić information content (AvgIpc) is 3.15. The maximum atomic E-state index is 13.4. The van der Waals surface area contributed by atoms with Crippen LogP contribution in [0.4, 0.5) is 0 Å². The van der Waals surface area contributed by atoms with E-state index in [1.54, 1.807) is 0 Å². The van der Waals surface area contributed by atoms with Gasteiger partial charge in [0.25, 0.3) is 0 Å². The molecule has 0 N–H and O–H groups in total. The van der Waals surface area contributed by atoms with E-state index in [1.165, 1.54) is 64.2 Å². The molecule has 5 fully saturated rings. The zero-order valence-electron chi connectivity index (χ0n) is 19.2. The minimum absolute atomic E-state index is 0.157. The second-order valence-corrected chi connectivity index (χ2v) is 12.9. The lowest BCUT2D eigenvalue weighted by molar-refractivity contribution is -0.151. The van der Waals surface area contributed by atoms with Crippen molar-refractivity contribution in [2.45, 2.75) is 105 Å². The standard InChI is InChI=1S/C27H44O/c1-17(2)7-6-8-18(3)21-9-10-22-20-15-24(28)27-16-19(27)11-14-26(27,5)23(20)12-13-25(21,22)4/h17-23H,6-16H2,1-5H3/t18-,19+,20+,21+,22-,23+,25+,26+,27-/m0/s1. The van der Waals surface area contributed by atoms with Gasteiger partial charge >= 0.3 is 0 Å². The fourth-order valence-corrected chi connectivity index (χ4v) is 10.0. The Kier molecular flexibility index (Phi) is 4.44. The molecule has 0 aromatic heterocycles. The van der Waals surface area contributed by atoms with Crippen LogP contribution in [0.1, 0.15) is 105 Å². The summed E-state index contributed by atoms with van der Waals surface area (Å²) in [6.07, 6.45) is 14.8. The zero-order chi connectivity index (χ0) is 19.9. The van der Waals surface area contributed by atoms with Gasteiger partial charge in [0.1, 0.15) is 5.78 Å². The van der Waals surface area contributed by atoms with Gasteiger partial charge in [-0.15, -0.1) is 0 Å². The van der Waals surface area contributed by atoms with E-state index in [-0.39, 0.29) is 5.41 Å². The number of ketones is 1. The van der Waals surface area contributed by atoms with Crippen LogP contribution in [0.2, 0.25) is 0 Å². The largest absolute Gasteiger partial charge is 0.299 e. The highest BCUT2D eigenvalue weighted by Crippen LogP contribution is 2.80. The monoisotopic (exact) mass is 384 g/mol. The van der Waals surface area contributed by atoms with E-state index < -0.39 is 0 Å². The minimum Gasteiger partial charge on any atom is -0.299 e. The Bertz CT molecular complexity index is 651. The molecular formula is C27H44O. The molecule has 0 radical (unpaired) electrons. The van der Waals surface area contributed by atoms with Crippen LogP contribution in [0.15, 0.2) is 0 Å². The molecule has 0 bridgehead atoms. The molecule has 0 heterocycles. The van der Waals surface area contributed by atoms with Crippen LogP contribution in [-0.2, 0) is 4.79 Å². The third kappa shape index (κ3) is 2.40. The van der Waals surface area contributed by atoms with Crippen molar-refractivity contribution in [1.82, 2.24) is 0 Å². The predicted molar refractivity (Wildman–Crippen MR) is 116 cm³/mol. The lowest BCUT2D eigenvalue weighted by Crippen LogP contribution is -2.55. The van der Waals surface area contributed by atoms with Gasteiger partial charge in [0.15, 0.2) is 0 Å². The molecule has 158 valence electrons. The van der Waals surface area contributed by atoms with Crippen LogP contribution in [0.5, 0.6) is 0 Å². The van der Waals surface area contributed by atoms with Gasteiger partial charge in [-0.25, -0.2) is 0 Å². The first-order valence-corrected chi connectivity index (χ1v) is 12.8. The molecule has 5 rings (SSSR count). The van der Waals surface area contributed by atoms with E-state index in [2.05, 4.69) is 34.6 Å². The molecule has 0 unspecified atom stereocenters. The Hall–Kier alpha value is -0.330. The molecule has 5 aliphatic rings. The second-order valence-electron chi connectivity index (χ2n) is 12.9. The van der Waals surface area contributed by atoms with Crippen molar-refractivity contribution in [3.05, 3.63) is 0 Å². The lowest BCUT2D eigenvalue weighted by Gasteiger charge is -2.58. The molecule has 9 atom stereocenters. The van der Waals surface area contributed by atoms with Crippen LogP contribution < -0.4 is 0 Å². The maximum Gasteiger partial charge on any atom is 0.140 e. The first-order chi connectivity index (χ1) is 13.2. The van der Waals surface area contributed by atoms with Crippen molar-refractivity contribution < 1.29 is 4.79 Å². The highest BCUT2D eigenvalue weighted by molar-refractivity contribution is 5.91. The number of hydrogen-bond donors (Lipinski definition) is 0. The molecule has 1 spiro atoms. The number of fused-ring (bicyclic) bond motifs is 4. The summed E-state index contributed by atoms with van der Waals surface area (Å²) in [5, 5.41) is 0. The number of rotatable bonds is 5. The number of carbonyl (C=O) groups excluding carboxylic acids is 1. The maximum absolute atomic E-state index is 13.4. The molecule has 0 aliphatic heterocycles. The third-order valence-corrected chi connectivity index (χ3v) is 11.5. The van der Waals surface area contributed by atoms with Gasteiger partial charge < -0.3 is 0 Å². The van der Waals surface area contributed by atoms with E-state index in [0.29, 0.717) is 22.5 Å². The first kappa shape index (κ1) is 19.6. The van der Waals surface area contributed by atoms with Gasteiger partial charge in [0, 0.05) is 11.8 Å². The Morgan fingerprint density at radius 1 is 0.964 bits per heavy atom. The van der Waals surface area contributed by atoms with Crippen LogP contribution in [0.3, 0.4) is 0 Å². The number of hydrogen-bond acceptors (Lipinski definition) is 1. The first-order valence-electron chi connectivity index (χ1n) is 12.8. The average molecular weight is 385 g/mol. The molecule has 0 aromatic carbocycles. The van der Waals surface area contributed by atoms with Crippen molar-refractivity contribution in [3.63, 3.8) is 0 Å². The summed E-state index contributed by atoms with van der Waals surface area (Å²) in [6, 6.07) is 0. The molecule has 1 nitrogen and oxygen atoms in total. The predicted octanol–water partition coefficient (Wildman–Crippen LogP) is 7.29. The van der Waals surface area contributed by atoms with E-state index in [4.69, 9.17) is 0 Å². The molecule has 0 saturated heterocycles. The summed E-state index contributed by atoms with van der Waals surface area (Å²) in [7, 11) is 0. The van der Waals surface area contributed by atoms with Gasteiger partial charge in [0.2, 0.25) is 0 Å². The molecule has 5 aliphatic carbocycles. The summed E-state index contributed by atoms with van der Waals surface area (Å²) in [4.78, 5) is 13.4. The summed E-state index contributed by atoms with van der Waals surface area (Å²) >= 11 is 0. The molecule has 5 saturated carbocycles.